The monoisotopic (exact) mass is 456 g/mol. The molecule has 0 saturated carbocycles. The number of benzene rings is 1. The lowest BCUT2D eigenvalue weighted by molar-refractivity contribution is -0.385. The molecule has 10 heteroatoms. The van der Waals surface area contributed by atoms with E-state index in [2.05, 4.69) is 20.2 Å². The zero-order chi connectivity index (χ0) is 22.7. The van der Waals surface area contributed by atoms with E-state index in [4.69, 9.17) is 11.6 Å². The molecule has 9 nitrogen and oxygen atoms in total. The van der Waals surface area contributed by atoms with E-state index in [0.717, 1.165) is 38.0 Å². The fourth-order valence-electron chi connectivity index (χ4n) is 4.06. The number of pyridine rings is 1. The van der Waals surface area contributed by atoms with Gasteiger partial charge in [0.2, 0.25) is 0 Å². The van der Waals surface area contributed by atoms with Crippen molar-refractivity contribution < 1.29 is 4.92 Å². The van der Waals surface area contributed by atoms with Gasteiger partial charge in [-0.2, -0.15) is 0 Å². The number of aryl methyl sites for hydroxylation is 1. The molecule has 0 spiro atoms. The van der Waals surface area contributed by atoms with Crippen LogP contribution in [0.4, 0.5) is 5.69 Å². The maximum absolute atomic E-state index is 12.3. The molecule has 0 aliphatic carbocycles. The second-order valence-electron chi connectivity index (χ2n) is 8.10. The molecule has 1 aromatic carbocycles. The molecule has 32 heavy (non-hydrogen) atoms. The van der Waals surface area contributed by atoms with Crippen LogP contribution in [-0.4, -0.2) is 50.0 Å². The molecule has 3 heterocycles. The lowest BCUT2D eigenvalue weighted by Crippen LogP contribution is -2.43. The van der Waals surface area contributed by atoms with Gasteiger partial charge in [0.15, 0.2) is 5.65 Å². The van der Waals surface area contributed by atoms with E-state index in [9.17, 15) is 14.9 Å². The fraction of sp³-hybridized carbons (Fsp3) is 0.409. The summed E-state index contributed by atoms with van der Waals surface area (Å²) >= 11 is 6.01. The largest absolute Gasteiger partial charge is 0.310 e. The number of piperidine rings is 1. The van der Waals surface area contributed by atoms with Crippen molar-refractivity contribution in [2.75, 3.05) is 19.6 Å². The van der Waals surface area contributed by atoms with Crippen LogP contribution in [0.15, 0.2) is 41.3 Å². The second-order valence-corrected chi connectivity index (χ2v) is 8.49. The van der Waals surface area contributed by atoms with Crippen molar-refractivity contribution in [1.82, 2.24) is 24.8 Å². The standard InChI is InChI=1S/C22H25ClN6O3/c1-15-2-3-16(12-19(15)29(31)32)13-24-17-6-8-27(9-7-17)10-11-28-21(30)14-25-18-4-5-20(23)26-22(18)28/h2-5,12,14,17,24H,6-11,13H2,1H3. The molecule has 1 saturated heterocycles. The lowest BCUT2D eigenvalue weighted by Gasteiger charge is -2.32. The van der Waals surface area contributed by atoms with Gasteiger partial charge in [0.25, 0.3) is 11.2 Å². The summed E-state index contributed by atoms with van der Waals surface area (Å²) in [6.45, 7) is 5.45. The molecule has 0 bridgehead atoms. The highest BCUT2D eigenvalue weighted by Crippen LogP contribution is 2.20. The van der Waals surface area contributed by atoms with E-state index in [-0.39, 0.29) is 16.2 Å². The van der Waals surface area contributed by atoms with Crippen molar-refractivity contribution in [3.63, 3.8) is 0 Å². The van der Waals surface area contributed by atoms with Crippen molar-refractivity contribution in [2.24, 2.45) is 0 Å². The Morgan fingerprint density at radius 2 is 2.00 bits per heavy atom. The lowest BCUT2D eigenvalue weighted by atomic mass is 10.0. The molecule has 0 atom stereocenters. The SMILES string of the molecule is Cc1ccc(CNC2CCN(CCn3c(=O)cnc4ccc(Cl)nc43)CC2)cc1[N+](=O)[O-]. The van der Waals surface area contributed by atoms with Gasteiger partial charge < -0.3 is 10.2 Å². The molecule has 4 rings (SSSR count). The van der Waals surface area contributed by atoms with E-state index >= 15 is 0 Å². The van der Waals surface area contributed by atoms with Crippen LogP contribution in [0, 0.1) is 17.0 Å². The predicted octanol–water partition coefficient (Wildman–Crippen LogP) is 2.92. The van der Waals surface area contributed by atoms with Crippen LogP contribution in [0.1, 0.15) is 24.0 Å². The van der Waals surface area contributed by atoms with E-state index < -0.39 is 0 Å². The Kier molecular flexibility index (Phi) is 6.78. The van der Waals surface area contributed by atoms with Gasteiger partial charge in [-0.1, -0.05) is 23.7 Å². The summed E-state index contributed by atoms with van der Waals surface area (Å²) in [5.74, 6) is 0. The van der Waals surface area contributed by atoms with Crippen LogP contribution in [0.5, 0.6) is 0 Å². The van der Waals surface area contributed by atoms with E-state index in [1.165, 1.54) is 6.20 Å². The van der Waals surface area contributed by atoms with Gasteiger partial charge in [0.05, 0.1) is 11.1 Å². The Bertz CT molecular complexity index is 1190. The third-order valence-corrected chi connectivity index (χ3v) is 6.16. The molecule has 2 aromatic heterocycles. The summed E-state index contributed by atoms with van der Waals surface area (Å²) < 4.78 is 1.63. The number of likely N-dealkylation sites (tertiary alicyclic amines) is 1. The number of nitrogens with zero attached hydrogens (tertiary/aromatic N) is 5. The number of nitro benzene ring substituents is 1. The molecular formula is C22H25ClN6O3. The third-order valence-electron chi connectivity index (χ3n) is 5.95. The molecule has 0 radical (unpaired) electrons. The first-order valence-corrected chi connectivity index (χ1v) is 11.0. The Labute approximate surface area is 190 Å². The zero-order valence-corrected chi connectivity index (χ0v) is 18.6. The quantitative estimate of drug-likeness (QED) is 0.331. The first-order valence-electron chi connectivity index (χ1n) is 10.6. The van der Waals surface area contributed by atoms with Gasteiger partial charge in [0, 0.05) is 37.3 Å². The normalized spacial score (nSPS) is 15.3. The summed E-state index contributed by atoms with van der Waals surface area (Å²) in [5, 5.41) is 15.0. The molecule has 1 aliphatic rings. The van der Waals surface area contributed by atoms with Crippen molar-refractivity contribution >= 4 is 28.5 Å². The Morgan fingerprint density at radius 1 is 1.22 bits per heavy atom. The van der Waals surface area contributed by atoms with Gasteiger partial charge >= 0.3 is 0 Å². The Morgan fingerprint density at radius 3 is 2.75 bits per heavy atom. The van der Waals surface area contributed by atoms with Crippen LogP contribution >= 0.6 is 11.6 Å². The number of fused-ring (bicyclic) bond motifs is 1. The zero-order valence-electron chi connectivity index (χ0n) is 17.8. The van der Waals surface area contributed by atoms with Crippen LogP contribution in [0.3, 0.4) is 0 Å². The number of hydrogen-bond acceptors (Lipinski definition) is 7. The van der Waals surface area contributed by atoms with Crippen molar-refractivity contribution in [3.8, 4) is 0 Å². The first-order chi connectivity index (χ1) is 15.4. The molecule has 0 amide bonds. The van der Waals surface area contributed by atoms with Gasteiger partial charge in [-0.05, 0) is 50.6 Å². The average molecular weight is 457 g/mol. The summed E-state index contributed by atoms with van der Waals surface area (Å²) in [6, 6.07) is 9.16. The second kappa shape index (κ2) is 9.72. The number of hydrogen-bond donors (Lipinski definition) is 1. The average Bonchev–Trinajstić information content (AvgIpc) is 2.78. The van der Waals surface area contributed by atoms with Crippen molar-refractivity contribution in [2.45, 2.75) is 38.9 Å². The number of rotatable bonds is 7. The highest BCUT2D eigenvalue weighted by molar-refractivity contribution is 6.29. The van der Waals surface area contributed by atoms with Gasteiger partial charge in [-0.15, -0.1) is 0 Å². The topological polar surface area (TPSA) is 106 Å². The number of halogens is 1. The number of nitro groups is 1. The minimum Gasteiger partial charge on any atom is -0.310 e. The molecule has 1 aliphatic heterocycles. The van der Waals surface area contributed by atoms with Crippen molar-refractivity contribution in [3.05, 3.63) is 73.3 Å². The molecule has 1 fully saturated rings. The maximum atomic E-state index is 12.3. The highest BCUT2D eigenvalue weighted by Gasteiger charge is 2.20. The molecule has 1 N–H and O–H groups in total. The predicted molar refractivity (Wildman–Crippen MR) is 123 cm³/mol. The van der Waals surface area contributed by atoms with Crippen molar-refractivity contribution in [1.29, 1.82) is 0 Å². The Balaban J connectivity index is 1.30. The number of nitrogens with one attached hydrogen (secondary N) is 1. The molecular weight excluding hydrogens is 432 g/mol. The summed E-state index contributed by atoms with van der Waals surface area (Å²) in [7, 11) is 0. The highest BCUT2D eigenvalue weighted by atomic mass is 35.5. The van der Waals surface area contributed by atoms with Crippen LogP contribution in [0.25, 0.3) is 11.2 Å². The molecule has 168 valence electrons. The minimum atomic E-state index is -0.335. The van der Waals surface area contributed by atoms with Gasteiger partial charge in [0.1, 0.15) is 10.7 Å². The Hall–Kier alpha value is -2.88. The van der Waals surface area contributed by atoms with Crippen LogP contribution in [0.2, 0.25) is 5.15 Å². The maximum Gasteiger partial charge on any atom is 0.272 e. The van der Waals surface area contributed by atoms with Crippen LogP contribution < -0.4 is 10.9 Å². The third kappa shape index (κ3) is 5.12. The molecule has 3 aromatic rings. The number of aromatic nitrogens is 3. The van der Waals surface area contributed by atoms with Gasteiger partial charge in [-0.3, -0.25) is 19.5 Å². The smallest absolute Gasteiger partial charge is 0.272 e. The molecule has 0 unspecified atom stereocenters. The minimum absolute atomic E-state index is 0.161. The fourth-order valence-corrected chi connectivity index (χ4v) is 4.20. The summed E-state index contributed by atoms with van der Waals surface area (Å²) in [6.07, 6.45) is 3.28. The van der Waals surface area contributed by atoms with E-state index in [0.29, 0.717) is 41.0 Å². The summed E-state index contributed by atoms with van der Waals surface area (Å²) in [5.41, 5.74) is 2.72. The first kappa shape index (κ1) is 22.3. The van der Waals surface area contributed by atoms with E-state index in [1.54, 1.807) is 35.8 Å². The van der Waals surface area contributed by atoms with E-state index in [1.807, 2.05) is 6.07 Å². The van der Waals surface area contributed by atoms with Crippen LogP contribution in [-0.2, 0) is 13.1 Å². The van der Waals surface area contributed by atoms with Gasteiger partial charge in [-0.25, -0.2) is 9.97 Å². The summed E-state index contributed by atoms with van der Waals surface area (Å²) in [4.78, 5) is 33.9.